The summed E-state index contributed by atoms with van der Waals surface area (Å²) in [6.07, 6.45) is 52.2. The van der Waals surface area contributed by atoms with Crippen molar-refractivity contribution in [1.29, 1.82) is 0 Å². The van der Waals surface area contributed by atoms with Gasteiger partial charge in [0.15, 0.2) is 24.6 Å². The molecule has 0 bridgehead atoms. The number of aliphatic hydroxyl groups excluding tert-OH is 2. The van der Waals surface area contributed by atoms with Gasteiger partial charge in [0.1, 0.15) is 18.8 Å². The Balaban J connectivity index is 2.75. The molecule has 1 aliphatic heterocycles. The number of allylic oxidation sites excluding steroid dienone is 18. The number of unbranched alkanes of at least 4 members (excludes halogenated alkanes) is 13. The maximum absolute atomic E-state index is 13.1. The first-order chi connectivity index (χ1) is 35.6. The molecule has 0 amide bonds. The highest BCUT2D eigenvalue weighted by molar-refractivity contribution is 5.74. The van der Waals surface area contributed by atoms with E-state index in [0.29, 0.717) is 25.7 Å². The fraction of sp³-hybridized carbons (Fsp3) is 0.639. The van der Waals surface area contributed by atoms with Crippen LogP contribution in [0.5, 0.6) is 0 Å². The van der Waals surface area contributed by atoms with Crippen LogP contribution in [0, 0.1) is 0 Å². The highest BCUT2D eigenvalue weighted by atomic mass is 16.7. The van der Waals surface area contributed by atoms with Crippen molar-refractivity contribution in [2.24, 2.45) is 0 Å². The van der Waals surface area contributed by atoms with Gasteiger partial charge in [-0.05, 0) is 109 Å². The van der Waals surface area contributed by atoms with Gasteiger partial charge in [-0.15, -0.1) is 0 Å². The van der Waals surface area contributed by atoms with Crippen molar-refractivity contribution >= 4 is 23.9 Å². The fourth-order valence-corrected chi connectivity index (χ4v) is 7.57. The second-order valence-electron chi connectivity index (χ2n) is 18.4. The van der Waals surface area contributed by atoms with Crippen LogP contribution in [0.1, 0.15) is 201 Å². The molecule has 1 rings (SSSR count). The molecule has 3 N–H and O–H groups in total. The zero-order valence-electron chi connectivity index (χ0n) is 45.1. The molecule has 0 aromatic heterocycles. The molecule has 412 valence electrons. The monoisotopic (exact) mass is 1020 g/mol. The zero-order valence-corrected chi connectivity index (χ0v) is 45.1. The van der Waals surface area contributed by atoms with Crippen molar-refractivity contribution in [3.63, 3.8) is 0 Å². The first-order valence-electron chi connectivity index (χ1n) is 27.9. The Morgan fingerprint density at radius 1 is 0.466 bits per heavy atom. The normalized spacial score (nSPS) is 19.2. The summed E-state index contributed by atoms with van der Waals surface area (Å²) in [5.41, 5.74) is 0. The summed E-state index contributed by atoms with van der Waals surface area (Å²) in [7, 11) is 0. The van der Waals surface area contributed by atoms with Crippen molar-refractivity contribution in [3.8, 4) is 0 Å². The summed E-state index contributed by atoms with van der Waals surface area (Å²) in [6, 6.07) is 0. The van der Waals surface area contributed by atoms with Crippen molar-refractivity contribution in [3.05, 3.63) is 109 Å². The highest BCUT2D eigenvalue weighted by Gasteiger charge is 2.50. The number of carbonyl (C=O) groups is 4. The molecule has 1 fully saturated rings. The van der Waals surface area contributed by atoms with Crippen LogP contribution in [0.3, 0.4) is 0 Å². The minimum atomic E-state index is -1.92. The molecular formula is C61H96O12. The molecule has 0 radical (unpaired) electrons. The molecule has 6 atom stereocenters. The van der Waals surface area contributed by atoms with Gasteiger partial charge in [-0.1, -0.05) is 182 Å². The van der Waals surface area contributed by atoms with Gasteiger partial charge in [-0.2, -0.15) is 0 Å². The van der Waals surface area contributed by atoms with Gasteiger partial charge < -0.3 is 39.0 Å². The Morgan fingerprint density at radius 3 is 1.37 bits per heavy atom. The molecule has 0 aromatic carbocycles. The number of aliphatic hydroxyl groups is 2. The van der Waals surface area contributed by atoms with E-state index >= 15 is 0 Å². The molecular weight excluding hydrogens is 925 g/mol. The lowest BCUT2D eigenvalue weighted by molar-refractivity contribution is -0.301. The van der Waals surface area contributed by atoms with Gasteiger partial charge in [0.2, 0.25) is 0 Å². The Hall–Kier alpha value is -4.62. The molecule has 1 heterocycles. The Bertz CT molecular complexity index is 1690. The number of esters is 3. The number of aliphatic carboxylic acids is 1. The smallest absolute Gasteiger partial charge is 0.335 e. The predicted molar refractivity (Wildman–Crippen MR) is 294 cm³/mol. The lowest BCUT2D eigenvalue weighted by Gasteiger charge is -2.40. The maximum atomic E-state index is 13.1. The Kier molecular flexibility index (Phi) is 44.0. The third kappa shape index (κ3) is 38.6. The molecule has 1 saturated heterocycles. The van der Waals surface area contributed by atoms with Gasteiger partial charge >= 0.3 is 23.9 Å². The average Bonchev–Trinajstić information content (AvgIpc) is 3.37. The van der Waals surface area contributed by atoms with E-state index in [2.05, 4.69) is 124 Å². The molecule has 0 spiro atoms. The van der Waals surface area contributed by atoms with Crippen LogP contribution in [0.2, 0.25) is 0 Å². The molecule has 6 unspecified atom stereocenters. The van der Waals surface area contributed by atoms with E-state index in [-0.39, 0.29) is 25.9 Å². The number of rotatable bonds is 45. The number of ether oxygens (including phenoxy) is 5. The van der Waals surface area contributed by atoms with E-state index in [1.807, 2.05) is 6.08 Å². The summed E-state index contributed by atoms with van der Waals surface area (Å²) in [5, 5.41) is 31.4. The van der Waals surface area contributed by atoms with Gasteiger partial charge in [0.05, 0.1) is 6.61 Å². The van der Waals surface area contributed by atoms with E-state index in [9.17, 15) is 34.5 Å². The maximum Gasteiger partial charge on any atom is 0.335 e. The molecule has 73 heavy (non-hydrogen) atoms. The number of carboxylic acid groups (broad SMARTS) is 1. The third-order valence-electron chi connectivity index (χ3n) is 11.8. The van der Waals surface area contributed by atoms with Crippen LogP contribution < -0.4 is 0 Å². The minimum absolute atomic E-state index is 0.0292. The lowest BCUT2D eigenvalue weighted by Crippen LogP contribution is -2.61. The first kappa shape index (κ1) is 66.4. The largest absolute Gasteiger partial charge is 0.479 e. The van der Waals surface area contributed by atoms with Gasteiger partial charge in [0.25, 0.3) is 0 Å². The van der Waals surface area contributed by atoms with Crippen molar-refractivity contribution in [2.45, 2.75) is 237 Å². The summed E-state index contributed by atoms with van der Waals surface area (Å²) in [6.45, 7) is 5.63. The first-order valence-corrected chi connectivity index (χ1v) is 27.9. The lowest BCUT2D eigenvalue weighted by atomic mass is 9.98. The zero-order chi connectivity index (χ0) is 53.3. The van der Waals surface area contributed by atoms with Gasteiger partial charge in [0, 0.05) is 19.3 Å². The standard InChI is InChI=1S/C61H96O12/c1-4-7-10-13-16-19-22-24-26-27-29-30-33-35-38-41-44-47-53(62)69-50-52(71-54(63)48-45-42-39-36-32-21-18-15-12-9-6-3)51-70-61-59(57(66)56(65)58(73-61)60(67)68)72-55(64)49-46-43-40-37-34-31-28-25-23-20-17-14-11-8-5-2/h7-8,10-11,15-20,24-26,28-30,35,38,52,56-59,61,65-66H,4-6,9,12-14,21-23,27,31-34,36-37,39-51H2,1-3H3,(H,67,68)/b10-7-,11-8-,18-15-,19-16-,20-17-,26-24-,28-25-,30-29-,38-35-. The van der Waals surface area contributed by atoms with Crippen molar-refractivity contribution in [1.82, 2.24) is 0 Å². The van der Waals surface area contributed by atoms with Crippen LogP contribution in [0.4, 0.5) is 0 Å². The Morgan fingerprint density at radius 2 is 0.877 bits per heavy atom. The highest BCUT2D eigenvalue weighted by Crippen LogP contribution is 2.26. The van der Waals surface area contributed by atoms with E-state index < -0.39 is 67.3 Å². The Labute approximate surface area is 440 Å². The fourth-order valence-electron chi connectivity index (χ4n) is 7.57. The van der Waals surface area contributed by atoms with Crippen LogP contribution >= 0.6 is 0 Å². The van der Waals surface area contributed by atoms with Gasteiger partial charge in [-0.25, -0.2) is 4.79 Å². The number of hydrogen-bond donors (Lipinski definition) is 3. The van der Waals surface area contributed by atoms with Crippen LogP contribution in [0.25, 0.3) is 0 Å². The minimum Gasteiger partial charge on any atom is -0.479 e. The van der Waals surface area contributed by atoms with Crippen LogP contribution in [0.15, 0.2) is 109 Å². The molecule has 0 aliphatic carbocycles. The van der Waals surface area contributed by atoms with E-state index in [1.165, 1.54) is 12.8 Å². The van der Waals surface area contributed by atoms with E-state index in [4.69, 9.17) is 23.7 Å². The second kappa shape index (κ2) is 48.3. The average molecular weight is 1020 g/mol. The molecule has 0 saturated carbocycles. The topological polar surface area (TPSA) is 175 Å². The molecule has 0 aromatic rings. The van der Waals surface area contributed by atoms with E-state index in [1.54, 1.807) is 0 Å². The van der Waals surface area contributed by atoms with Crippen LogP contribution in [-0.2, 0) is 42.9 Å². The predicted octanol–water partition coefficient (Wildman–Crippen LogP) is 13.9. The van der Waals surface area contributed by atoms with Crippen LogP contribution in [-0.4, -0.2) is 89.2 Å². The second-order valence-corrected chi connectivity index (χ2v) is 18.4. The molecule has 12 nitrogen and oxygen atoms in total. The number of carbonyl (C=O) groups excluding carboxylic acids is 3. The summed E-state index contributed by atoms with van der Waals surface area (Å²) in [5.74, 6) is -3.25. The van der Waals surface area contributed by atoms with E-state index in [0.717, 1.165) is 122 Å². The molecule has 12 heteroatoms. The van der Waals surface area contributed by atoms with Gasteiger partial charge in [-0.3, -0.25) is 14.4 Å². The summed E-state index contributed by atoms with van der Waals surface area (Å²) < 4.78 is 28.3. The number of hydrogen-bond acceptors (Lipinski definition) is 11. The summed E-state index contributed by atoms with van der Waals surface area (Å²) in [4.78, 5) is 51.0. The quantitative estimate of drug-likeness (QED) is 0.0228. The summed E-state index contributed by atoms with van der Waals surface area (Å²) >= 11 is 0. The number of carboxylic acids is 1. The molecule has 1 aliphatic rings. The SMILES string of the molecule is CC/C=C\C/C=C\C/C=C\C/C=C\C/C=C\CCCC(=O)OCC(COC1OC(C(=O)O)C(O)C(O)C1OC(=O)CCCCCCC/C=C\C/C=C\C/C=C\CC)OC(=O)CCCCCCC/C=C\CCCC. The van der Waals surface area contributed by atoms with Crippen molar-refractivity contribution in [2.75, 3.05) is 13.2 Å². The van der Waals surface area contributed by atoms with Crippen molar-refractivity contribution < 1.29 is 58.2 Å². The third-order valence-corrected chi connectivity index (χ3v) is 11.8.